The van der Waals surface area contributed by atoms with Crippen molar-refractivity contribution in [2.45, 2.75) is 51.5 Å². The number of benzene rings is 1. The zero-order valence-electron chi connectivity index (χ0n) is 16.4. The number of piperidine rings is 1. The van der Waals surface area contributed by atoms with Crippen molar-refractivity contribution < 1.29 is 9.59 Å². The lowest BCUT2D eigenvalue weighted by Crippen LogP contribution is -2.49. The molecule has 1 aromatic carbocycles. The Hall–Kier alpha value is -2.04. The van der Waals surface area contributed by atoms with E-state index in [4.69, 9.17) is 0 Å². The average Bonchev–Trinajstić information content (AvgIpc) is 3.58. The summed E-state index contributed by atoms with van der Waals surface area (Å²) in [5, 5.41) is 0. The molecule has 5 nitrogen and oxygen atoms in total. The maximum absolute atomic E-state index is 12.9. The van der Waals surface area contributed by atoms with Crippen LogP contribution in [0, 0.1) is 5.92 Å². The molecule has 3 aliphatic rings. The van der Waals surface area contributed by atoms with Gasteiger partial charge >= 0.3 is 0 Å². The van der Waals surface area contributed by atoms with E-state index < -0.39 is 0 Å². The summed E-state index contributed by atoms with van der Waals surface area (Å²) >= 11 is 0. The van der Waals surface area contributed by atoms with Gasteiger partial charge in [0.05, 0.1) is 0 Å². The van der Waals surface area contributed by atoms with E-state index >= 15 is 0 Å². The predicted molar refractivity (Wildman–Crippen MR) is 107 cm³/mol. The van der Waals surface area contributed by atoms with Gasteiger partial charge in [0.2, 0.25) is 5.91 Å². The van der Waals surface area contributed by atoms with Crippen molar-refractivity contribution in [3.8, 4) is 0 Å². The van der Waals surface area contributed by atoms with Gasteiger partial charge in [0.25, 0.3) is 5.91 Å². The second-order valence-corrected chi connectivity index (χ2v) is 8.19. The molecule has 1 saturated carbocycles. The fraction of sp³-hybridized carbons (Fsp3) is 0.636. The van der Waals surface area contributed by atoms with Gasteiger partial charge in [-0.05, 0) is 62.8 Å². The van der Waals surface area contributed by atoms with E-state index in [0.717, 1.165) is 76.1 Å². The zero-order chi connectivity index (χ0) is 18.8. The van der Waals surface area contributed by atoms with E-state index in [0.29, 0.717) is 17.9 Å². The van der Waals surface area contributed by atoms with Crippen LogP contribution in [-0.2, 0) is 4.79 Å². The zero-order valence-corrected chi connectivity index (χ0v) is 16.4. The van der Waals surface area contributed by atoms with Gasteiger partial charge in [0, 0.05) is 55.9 Å². The van der Waals surface area contributed by atoms with Crippen LogP contribution in [0.15, 0.2) is 24.3 Å². The van der Waals surface area contributed by atoms with Crippen molar-refractivity contribution in [3.63, 3.8) is 0 Å². The lowest BCUT2D eigenvalue weighted by Gasteiger charge is -2.37. The molecule has 0 spiro atoms. The molecule has 3 fully saturated rings. The first-order valence-corrected chi connectivity index (χ1v) is 10.6. The molecule has 2 amide bonds. The SMILES string of the molecule is CCC1CCCCN1C(=O)c1ccc(N2CCN(C(=O)C3CC3)CC2)cc1. The predicted octanol–water partition coefficient (Wildman–Crippen LogP) is 3.15. The second kappa shape index (κ2) is 7.91. The molecule has 2 saturated heterocycles. The number of nitrogens with zero attached hydrogens (tertiary/aromatic N) is 3. The van der Waals surface area contributed by atoms with E-state index in [1.165, 1.54) is 6.42 Å². The number of amides is 2. The van der Waals surface area contributed by atoms with Crippen LogP contribution >= 0.6 is 0 Å². The minimum absolute atomic E-state index is 0.174. The fourth-order valence-corrected chi connectivity index (χ4v) is 4.45. The lowest BCUT2D eigenvalue weighted by molar-refractivity contribution is -0.132. The first-order valence-electron chi connectivity index (χ1n) is 10.6. The molecule has 2 heterocycles. The minimum atomic E-state index is 0.174. The molecule has 0 N–H and O–H groups in total. The van der Waals surface area contributed by atoms with Crippen molar-refractivity contribution in [3.05, 3.63) is 29.8 Å². The first kappa shape index (κ1) is 18.3. The van der Waals surface area contributed by atoms with Crippen LogP contribution in [-0.4, -0.2) is 60.4 Å². The largest absolute Gasteiger partial charge is 0.368 e. The minimum Gasteiger partial charge on any atom is -0.368 e. The highest BCUT2D eigenvalue weighted by atomic mass is 16.2. The molecule has 1 aliphatic carbocycles. The van der Waals surface area contributed by atoms with E-state index in [1.807, 2.05) is 17.0 Å². The fourth-order valence-electron chi connectivity index (χ4n) is 4.45. The second-order valence-electron chi connectivity index (χ2n) is 8.19. The van der Waals surface area contributed by atoms with Crippen molar-refractivity contribution in [1.82, 2.24) is 9.80 Å². The van der Waals surface area contributed by atoms with Crippen LogP contribution in [0.1, 0.15) is 55.8 Å². The number of anilines is 1. The number of carbonyl (C=O) groups is 2. The molecule has 27 heavy (non-hydrogen) atoms. The number of likely N-dealkylation sites (tertiary alicyclic amines) is 1. The highest BCUT2D eigenvalue weighted by molar-refractivity contribution is 5.94. The molecule has 1 aromatic rings. The number of carbonyl (C=O) groups excluding carboxylic acids is 2. The number of rotatable bonds is 4. The Bertz CT molecular complexity index is 675. The molecule has 0 radical (unpaired) electrons. The van der Waals surface area contributed by atoms with E-state index in [9.17, 15) is 9.59 Å². The van der Waals surface area contributed by atoms with Crippen LogP contribution in [0.2, 0.25) is 0 Å². The molecule has 4 rings (SSSR count). The average molecular weight is 370 g/mol. The molecule has 0 bridgehead atoms. The summed E-state index contributed by atoms with van der Waals surface area (Å²) in [7, 11) is 0. The molecular weight excluding hydrogens is 338 g/mol. The molecule has 2 aliphatic heterocycles. The Morgan fingerprint density at radius 2 is 1.63 bits per heavy atom. The monoisotopic (exact) mass is 369 g/mol. The summed E-state index contributed by atoms with van der Waals surface area (Å²) < 4.78 is 0. The molecule has 5 heteroatoms. The number of hydrogen-bond acceptors (Lipinski definition) is 3. The summed E-state index contributed by atoms with van der Waals surface area (Å²) in [6.45, 7) is 6.42. The van der Waals surface area contributed by atoms with E-state index in [-0.39, 0.29) is 5.91 Å². The lowest BCUT2D eigenvalue weighted by atomic mass is 9.99. The summed E-state index contributed by atoms with van der Waals surface area (Å²) in [6.07, 6.45) is 6.66. The molecule has 1 unspecified atom stereocenters. The molecule has 0 aromatic heterocycles. The van der Waals surface area contributed by atoms with Crippen LogP contribution < -0.4 is 4.90 Å². The van der Waals surface area contributed by atoms with Gasteiger partial charge in [0.15, 0.2) is 0 Å². The Morgan fingerprint density at radius 3 is 2.26 bits per heavy atom. The summed E-state index contributed by atoms with van der Waals surface area (Å²) in [4.78, 5) is 31.5. The standard InChI is InChI=1S/C22H31N3O2/c1-2-19-5-3-4-12-25(19)22(27)18-8-10-20(11-9-18)23-13-15-24(16-14-23)21(26)17-6-7-17/h8-11,17,19H,2-7,12-16H2,1H3. The van der Waals surface area contributed by atoms with Crippen LogP contribution in [0.25, 0.3) is 0 Å². The van der Waals surface area contributed by atoms with Crippen molar-refractivity contribution in [1.29, 1.82) is 0 Å². The summed E-state index contributed by atoms with van der Waals surface area (Å²) in [5.74, 6) is 0.833. The van der Waals surface area contributed by atoms with E-state index in [2.05, 4.69) is 28.9 Å². The normalized spacial score (nSPS) is 23.4. The third-order valence-electron chi connectivity index (χ3n) is 6.36. The van der Waals surface area contributed by atoms with E-state index in [1.54, 1.807) is 0 Å². The van der Waals surface area contributed by atoms with Crippen molar-refractivity contribution >= 4 is 17.5 Å². The van der Waals surface area contributed by atoms with Crippen molar-refractivity contribution in [2.24, 2.45) is 5.92 Å². The summed E-state index contributed by atoms with van der Waals surface area (Å²) in [6, 6.07) is 8.47. The van der Waals surface area contributed by atoms with Gasteiger partial charge in [0.1, 0.15) is 0 Å². The molecule has 1 atom stereocenters. The highest BCUT2D eigenvalue weighted by Crippen LogP contribution is 2.31. The van der Waals surface area contributed by atoms with Crippen LogP contribution in [0.4, 0.5) is 5.69 Å². The Balaban J connectivity index is 1.36. The Morgan fingerprint density at radius 1 is 0.926 bits per heavy atom. The van der Waals surface area contributed by atoms with Gasteiger partial charge in [-0.15, -0.1) is 0 Å². The van der Waals surface area contributed by atoms with Gasteiger partial charge in [-0.2, -0.15) is 0 Å². The maximum atomic E-state index is 12.9. The number of piperazine rings is 1. The highest BCUT2D eigenvalue weighted by Gasteiger charge is 2.34. The smallest absolute Gasteiger partial charge is 0.254 e. The third kappa shape index (κ3) is 3.97. The third-order valence-corrected chi connectivity index (χ3v) is 6.36. The number of hydrogen-bond donors (Lipinski definition) is 0. The van der Waals surface area contributed by atoms with Crippen LogP contribution in [0.5, 0.6) is 0 Å². The van der Waals surface area contributed by atoms with Gasteiger partial charge in [-0.3, -0.25) is 9.59 Å². The van der Waals surface area contributed by atoms with Gasteiger partial charge in [-0.25, -0.2) is 0 Å². The quantitative estimate of drug-likeness (QED) is 0.819. The Labute approximate surface area is 162 Å². The first-order chi connectivity index (χ1) is 13.2. The topological polar surface area (TPSA) is 43.9 Å². The van der Waals surface area contributed by atoms with Crippen molar-refractivity contribution in [2.75, 3.05) is 37.6 Å². The molecule has 146 valence electrons. The maximum Gasteiger partial charge on any atom is 0.254 e. The molecular formula is C22H31N3O2. The van der Waals surface area contributed by atoms with Crippen LogP contribution in [0.3, 0.4) is 0 Å². The summed E-state index contributed by atoms with van der Waals surface area (Å²) in [5.41, 5.74) is 1.94. The Kier molecular flexibility index (Phi) is 5.37. The van der Waals surface area contributed by atoms with Gasteiger partial charge < -0.3 is 14.7 Å². The van der Waals surface area contributed by atoms with Gasteiger partial charge in [-0.1, -0.05) is 6.92 Å².